The fraction of sp³-hybridized carbons (Fsp3) is 0.111. The maximum atomic E-state index is 12.1. The lowest BCUT2D eigenvalue weighted by molar-refractivity contribution is -0.134. The highest BCUT2D eigenvalue weighted by molar-refractivity contribution is 5.79. The summed E-state index contributed by atoms with van der Waals surface area (Å²) >= 11 is 0. The Morgan fingerprint density at radius 3 is 2.36 bits per heavy atom. The van der Waals surface area contributed by atoms with Crippen molar-refractivity contribution >= 4 is 22.8 Å². The minimum atomic E-state index is -0.585. The lowest BCUT2D eigenvalue weighted by Gasteiger charge is -2.10. The van der Waals surface area contributed by atoms with E-state index in [1.807, 2.05) is 0 Å². The summed E-state index contributed by atoms with van der Waals surface area (Å²) in [7, 11) is 0. The van der Waals surface area contributed by atoms with E-state index in [1.54, 1.807) is 30.3 Å². The lowest BCUT2D eigenvalue weighted by Crippen LogP contribution is -2.07. The molecule has 0 fully saturated rings. The van der Waals surface area contributed by atoms with E-state index in [0.717, 1.165) is 0 Å². The summed E-state index contributed by atoms with van der Waals surface area (Å²) in [6.07, 6.45) is 0. The second-order valence-corrected chi connectivity index (χ2v) is 5.17. The zero-order chi connectivity index (χ0) is 18.0. The van der Waals surface area contributed by atoms with Crippen LogP contribution in [0, 0.1) is 0 Å². The maximum Gasteiger partial charge on any atom is 0.347 e. The van der Waals surface area contributed by atoms with Gasteiger partial charge in [-0.3, -0.25) is 9.59 Å². The zero-order valence-electron chi connectivity index (χ0n) is 13.4. The smallest absolute Gasteiger partial charge is 0.347 e. The number of aromatic nitrogens is 1. The number of esters is 2. The molecule has 3 aromatic rings. The molecule has 0 aliphatic heterocycles. The molecule has 0 aliphatic carbocycles. The van der Waals surface area contributed by atoms with Crippen molar-refractivity contribution in [3.63, 3.8) is 0 Å². The number of carbonyl (C=O) groups is 2. The Morgan fingerprint density at radius 1 is 0.960 bits per heavy atom. The van der Waals surface area contributed by atoms with Crippen LogP contribution in [0.5, 0.6) is 11.5 Å². The van der Waals surface area contributed by atoms with E-state index in [2.05, 4.69) is 4.98 Å². The molecule has 1 aromatic heterocycles. The monoisotopic (exact) mass is 339 g/mol. The molecule has 2 aromatic carbocycles. The van der Waals surface area contributed by atoms with E-state index in [9.17, 15) is 14.4 Å². The molecule has 7 heteroatoms. The number of hydrogen-bond acceptors (Lipinski definition) is 7. The van der Waals surface area contributed by atoms with Gasteiger partial charge in [0, 0.05) is 19.4 Å². The molecule has 25 heavy (non-hydrogen) atoms. The van der Waals surface area contributed by atoms with Gasteiger partial charge in [0.05, 0.1) is 10.9 Å². The van der Waals surface area contributed by atoms with Crippen LogP contribution < -0.4 is 15.1 Å². The Hall–Kier alpha value is -3.48. The van der Waals surface area contributed by atoms with Gasteiger partial charge in [0.15, 0.2) is 11.5 Å². The number of fused-ring (bicyclic) bond motifs is 1. The quantitative estimate of drug-likeness (QED) is 0.534. The fourth-order valence-electron chi connectivity index (χ4n) is 2.26. The van der Waals surface area contributed by atoms with Crippen molar-refractivity contribution in [3.8, 4) is 23.0 Å². The number of rotatable bonds is 3. The van der Waals surface area contributed by atoms with E-state index in [1.165, 1.54) is 26.0 Å². The Balaban J connectivity index is 2.12. The van der Waals surface area contributed by atoms with Crippen LogP contribution in [-0.4, -0.2) is 16.9 Å². The van der Waals surface area contributed by atoms with Gasteiger partial charge < -0.3 is 13.9 Å². The van der Waals surface area contributed by atoms with Crippen LogP contribution in [0.4, 0.5) is 0 Å². The number of carbonyl (C=O) groups excluding carboxylic acids is 2. The largest absolute Gasteiger partial charge is 0.423 e. The van der Waals surface area contributed by atoms with Crippen LogP contribution in [0.3, 0.4) is 0 Å². The van der Waals surface area contributed by atoms with Crippen LogP contribution in [-0.2, 0) is 9.59 Å². The molecule has 0 radical (unpaired) electrons. The molecule has 0 bridgehead atoms. The van der Waals surface area contributed by atoms with Gasteiger partial charge in [0.25, 0.3) is 0 Å². The molecular weight excluding hydrogens is 326 g/mol. The Kier molecular flexibility index (Phi) is 4.30. The normalized spacial score (nSPS) is 10.5. The van der Waals surface area contributed by atoms with Crippen LogP contribution in [0.2, 0.25) is 0 Å². The highest BCUT2D eigenvalue weighted by Gasteiger charge is 2.15. The molecule has 0 aliphatic rings. The van der Waals surface area contributed by atoms with E-state index < -0.39 is 17.6 Å². The highest BCUT2D eigenvalue weighted by atomic mass is 16.6. The first-order valence-electron chi connectivity index (χ1n) is 7.35. The number of benzene rings is 2. The van der Waals surface area contributed by atoms with E-state index in [-0.39, 0.29) is 17.4 Å². The first-order valence-corrected chi connectivity index (χ1v) is 7.35. The van der Waals surface area contributed by atoms with Gasteiger partial charge in [-0.25, -0.2) is 9.78 Å². The highest BCUT2D eigenvalue weighted by Crippen LogP contribution is 2.32. The van der Waals surface area contributed by atoms with Gasteiger partial charge in [-0.2, -0.15) is 0 Å². The summed E-state index contributed by atoms with van der Waals surface area (Å²) in [6.45, 7) is 2.45. The first kappa shape index (κ1) is 16.4. The van der Waals surface area contributed by atoms with E-state index >= 15 is 0 Å². The van der Waals surface area contributed by atoms with Gasteiger partial charge in [-0.05, 0) is 30.3 Å². The average molecular weight is 339 g/mol. The summed E-state index contributed by atoms with van der Waals surface area (Å²) < 4.78 is 15.3. The molecule has 126 valence electrons. The first-order chi connectivity index (χ1) is 11.9. The van der Waals surface area contributed by atoms with Crippen molar-refractivity contribution < 1.29 is 23.5 Å². The van der Waals surface area contributed by atoms with Crippen LogP contribution in [0.1, 0.15) is 13.8 Å². The Bertz CT molecular complexity index is 1040. The van der Waals surface area contributed by atoms with Crippen molar-refractivity contribution in [2.45, 2.75) is 13.8 Å². The van der Waals surface area contributed by atoms with Crippen molar-refractivity contribution in [2.75, 3.05) is 0 Å². The molecule has 0 saturated carbocycles. The maximum absolute atomic E-state index is 12.1. The number of hydrogen-bond donors (Lipinski definition) is 0. The van der Waals surface area contributed by atoms with Gasteiger partial charge in [0.2, 0.25) is 5.89 Å². The van der Waals surface area contributed by atoms with Crippen LogP contribution >= 0.6 is 0 Å². The van der Waals surface area contributed by atoms with Gasteiger partial charge in [-0.1, -0.05) is 12.1 Å². The molecular formula is C18H13NO6. The summed E-state index contributed by atoms with van der Waals surface area (Å²) in [4.78, 5) is 38.8. The number of para-hydroxylation sites is 1. The third-order valence-electron chi connectivity index (χ3n) is 3.23. The zero-order valence-corrected chi connectivity index (χ0v) is 13.4. The summed E-state index contributed by atoms with van der Waals surface area (Å²) in [5.74, 6) is -0.978. The van der Waals surface area contributed by atoms with Crippen LogP contribution in [0.15, 0.2) is 51.7 Å². The van der Waals surface area contributed by atoms with Crippen LogP contribution in [0.25, 0.3) is 22.4 Å². The number of ether oxygens (including phenoxy) is 2. The van der Waals surface area contributed by atoms with Crippen molar-refractivity contribution in [3.05, 3.63) is 52.9 Å². The third kappa shape index (κ3) is 3.55. The lowest BCUT2D eigenvalue weighted by atomic mass is 10.2. The molecule has 0 N–H and O–H groups in total. The third-order valence-corrected chi connectivity index (χ3v) is 3.23. The van der Waals surface area contributed by atoms with Crippen molar-refractivity contribution in [1.29, 1.82) is 0 Å². The predicted octanol–water partition coefficient (Wildman–Crippen LogP) is 2.71. The van der Waals surface area contributed by atoms with Crippen molar-refractivity contribution in [2.24, 2.45) is 0 Å². The Morgan fingerprint density at radius 2 is 1.64 bits per heavy atom. The van der Waals surface area contributed by atoms with Gasteiger partial charge in [-0.15, -0.1) is 0 Å². The summed E-state index contributed by atoms with van der Waals surface area (Å²) in [5, 5.41) is 0.364. The second-order valence-electron chi connectivity index (χ2n) is 5.17. The standard InChI is InChI=1S/C18H13NO6/c1-10(20)23-15-8-7-12(9-16(15)24-11(2)21)17-19-14-6-4-3-5-13(14)18(22)25-17/h3-9H,1-2H3. The van der Waals surface area contributed by atoms with Gasteiger partial charge in [0.1, 0.15) is 0 Å². The Labute approximate surface area is 141 Å². The second kappa shape index (κ2) is 6.56. The summed E-state index contributed by atoms with van der Waals surface area (Å²) in [6, 6.07) is 11.2. The topological polar surface area (TPSA) is 95.7 Å². The summed E-state index contributed by atoms with van der Waals surface area (Å²) in [5.41, 5.74) is 0.348. The minimum absolute atomic E-state index is 0.0257. The molecule has 3 rings (SSSR count). The van der Waals surface area contributed by atoms with E-state index in [4.69, 9.17) is 13.9 Å². The molecule has 0 saturated heterocycles. The SMILES string of the molecule is CC(=O)Oc1ccc(-c2nc3ccccc3c(=O)o2)cc1OC(C)=O. The van der Waals surface area contributed by atoms with E-state index in [0.29, 0.717) is 16.5 Å². The molecule has 0 spiro atoms. The average Bonchev–Trinajstić information content (AvgIpc) is 2.55. The molecule has 0 unspecified atom stereocenters. The predicted molar refractivity (Wildman–Crippen MR) is 88.3 cm³/mol. The fourth-order valence-corrected chi connectivity index (χ4v) is 2.26. The van der Waals surface area contributed by atoms with Gasteiger partial charge >= 0.3 is 17.6 Å². The molecule has 0 atom stereocenters. The molecule has 7 nitrogen and oxygen atoms in total. The number of nitrogens with zero attached hydrogens (tertiary/aromatic N) is 1. The minimum Gasteiger partial charge on any atom is -0.423 e. The molecule has 0 amide bonds. The van der Waals surface area contributed by atoms with Crippen molar-refractivity contribution in [1.82, 2.24) is 4.98 Å². The molecule has 1 heterocycles.